The van der Waals surface area contributed by atoms with Crippen LogP contribution in [-0.2, 0) is 24.1 Å². The standard InChI is InChI=1S/C17H16N2O5/c1-24-17(21)15-8-14(19(22)23)10-18(16(15)20)9-11-5-6-12-3-2-4-13(12)7-11/h5-8,10H,2-4,9H2,1H3. The lowest BCUT2D eigenvalue weighted by Crippen LogP contribution is -2.27. The van der Waals surface area contributed by atoms with Gasteiger partial charge in [0.15, 0.2) is 0 Å². The van der Waals surface area contributed by atoms with E-state index in [0.717, 1.165) is 44.2 Å². The average Bonchev–Trinajstić information content (AvgIpc) is 3.03. The Morgan fingerprint density at radius 1 is 1.29 bits per heavy atom. The number of ether oxygens (including phenoxy) is 1. The molecule has 2 aromatic rings. The number of carbonyl (C=O) groups is 1. The van der Waals surface area contributed by atoms with Gasteiger partial charge in [-0.05, 0) is 36.0 Å². The molecule has 0 spiro atoms. The van der Waals surface area contributed by atoms with E-state index in [9.17, 15) is 19.7 Å². The highest BCUT2D eigenvalue weighted by Crippen LogP contribution is 2.23. The first-order valence-electron chi connectivity index (χ1n) is 7.57. The largest absolute Gasteiger partial charge is 0.465 e. The molecule has 1 aromatic carbocycles. The predicted molar refractivity (Wildman–Crippen MR) is 86.3 cm³/mol. The van der Waals surface area contributed by atoms with Gasteiger partial charge in [-0.1, -0.05) is 18.2 Å². The summed E-state index contributed by atoms with van der Waals surface area (Å²) in [6, 6.07) is 6.91. The molecule has 124 valence electrons. The van der Waals surface area contributed by atoms with Crippen LogP contribution in [0, 0.1) is 10.1 Å². The van der Waals surface area contributed by atoms with Crippen molar-refractivity contribution < 1.29 is 14.5 Å². The van der Waals surface area contributed by atoms with Crippen molar-refractivity contribution in [1.29, 1.82) is 0 Å². The minimum Gasteiger partial charge on any atom is -0.465 e. The molecule has 1 aliphatic carbocycles. The number of rotatable bonds is 4. The lowest BCUT2D eigenvalue weighted by molar-refractivity contribution is -0.385. The maximum absolute atomic E-state index is 12.4. The van der Waals surface area contributed by atoms with Crippen LogP contribution in [0.5, 0.6) is 0 Å². The van der Waals surface area contributed by atoms with Crippen LogP contribution in [0.4, 0.5) is 5.69 Å². The molecule has 0 atom stereocenters. The second-order valence-corrected chi connectivity index (χ2v) is 5.75. The Morgan fingerprint density at radius 3 is 2.75 bits per heavy atom. The summed E-state index contributed by atoms with van der Waals surface area (Å²) < 4.78 is 5.72. The van der Waals surface area contributed by atoms with Crippen molar-refractivity contribution in [2.45, 2.75) is 25.8 Å². The molecule has 0 unspecified atom stereocenters. The minimum absolute atomic E-state index is 0.164. The molecule has 1 heterocycles. The molecule has 0 saturated carbocycles. The Kier molecular flexibility index (Phi) is 4.16. The van der Waals surface area contributed by atoms with Gasteiger partial charge >= 0.3 is 5.97 Å². The number of methoxy groups -OCH3 is 1. The smallest absolute Gasteiger partial charge is 0.343 e. The summed E-state index contributed by atoms with van der Waals surface area (Å²) in [5.74, 6) is -0.883. The molecule has 0 bridgehead atoms. The fourth-order valence-corrected chi connectivity index (χ4v) is 3.01. The Labute approximate surface area is 137 Å². The Balaban J connectivity index is 2.03. The number of hydrogen-bond acceptors (Lipinski definition) is 5. The Bertz CT molecular complexity index is 885. The highest BCUT2D eigenvalue weighted by atomic mass is 16.6. The number of carbonyl (C=O) groups excluding carboxylic acids is 1. The van der Waals surface area contributed by atoms with Crippen molar-refractivity contribution in [3.63, 3.8) is 0 Å². The number of fused-ring (bicyclic) bond motifs is 1. The molecule has 0 fully saturated rings. The summed E-state index contributed by atoms with van der Waals surface area (Å²) in [6.45, 7) is 0.164. The third-order valence-electron chi connectivity index (χ3n) is 4.20. The first kappa shape index (κ1) is 15.9. The molecule has 7 nitrogen and oxygen atoms in total. The van der Waals surface area contributed by atoms with Crippen LogP contribution < -0.4 is 5.56 Å². The number of pyridine rings is 1. The van der Waals surface area contributed by atoms with Crippen LogP contribution in [-0.4, -0.2) is 22.6 Å². The Morgan fingerprint density at radius 2 is 2.04 bits per heavy atom. The van der Waals surface area contributed by atoms with Gasteiger partial charge in [-0.2, -0.15) is 0 Å². The minimum atomic E-state index is -0.883. The maximum atomic E-state index is 12.4. The second kappa shape index (κ2) is 6.27. The molecule has 3 rings (SSSR count). The highest BCUT2D eigenvalue weighted by Gasteiger charge is 2.20. The van der Waals surface area contributed by atoms with Crippen LogP contribution >= 0.6 is 0 Å². The number of aryl methyl sites for hydroxylation is 2. The summed E-state index contributed by atoms with van der Waals surface area (Å²) >= 11 is 0. The van der Waals surface area contributed by atoms with E-state index >= 15 is 0 Å². The van der Waals surface area contributed by atoms with Crippen molar-refractivity contribution in [1.82, 2.24) is 4.57 Å². The van der Waals surface area contributed by atoms with Gasteiger partial charge in [-0.15, -0.1) is 0 Å². The maximum Gasteiger partial charge on any atom is 0.343 e. The number of nitrogens with zero attached hydrogens (tertiary/aromatic N) is 2. The van der Waals surface area contributed by atoms with Crippen molar-refractivity contribution >= 4 is 11.7 Å². The van der Waals surface area contributed by atoms with Crippen LogP contribution in [0.2, 0.25) is 0 Å². The van der Waals surface area contributed by atoms with Gasteiger partial charge in [0.25, 0.3) is 11.2 Å². The van der Waals surface area contributed by atoms with E-state index in [0.29, 0.717) is 0 Å². The molecule has 0 aliphatic heterocycles. The summed E-state index contributed by atoms with van der Waals surface area (Å²) in [5, 5.41) is 11.1. The molecule has 1 aliphatic rings. The lowest BCUT2D eigenvalue weighted by atomic mass is 10.1. The van der Waals surface area contributed by atoms with Crippen molar-refractivity contribution in [3.8, 4) is 0 Å². The number of hydrogen-bond donors (Lipinski definition) is 0. The molecular formula is C17H16N2O5. The average molecular weight is 328 g/mol. The van der Waals surface area contributed by atoms with E-state index in [1.807, 2.05) is 18.2 Å². The zero-order valence-corrected chi connectivity index (χ0v) is 13.2. The van der Waals surface area contributed by atoms with E-state index in [1.165, 1.54) is 15.7 Å². The van der Waals surface area contributed by atoms with Crippen LogP contribution in [0.1, 0.15) is 33.5 Å². The summed E-state index contributed by atoms with van der Waals surface area (Å²) in [6.07, 6.45) is 4.32. The number of esters is 1. The zero-order chi connectivity index (χ0) is 17.3. The monoisotopic (exact) mass is 328 g/mol. The van der Waals surface area contributed by atoms with E-state index in [-0.39, 0.29) is 17.8 Å². The van der Waals surface area contributed by atoms with E-state index in [4.69, 9.17) is 0 Å². The van der Waals surface area contributed by atoms with Gasteiger partial charge in [0.1, 0.15) is 5.56 Å². The van der Waals surface area contributed by atoms with Crippen molar-refractivity contribution in [2.24, 2.45) is 0 Å². The van der Waals surface area contributed by atoms with E-state index in [1.54, 1.807) is 0 Å². The van der Waals surface area contributed by atoms with Gasteiger partial charge in [0, 0.05) is 6.07 Å². The number of aromatic nitrogens is 1. The normalized spacial score (nSPS) is 12.7. The lowest BCUT2D eigenvalue weighted by Gasteiger charge is -2.09. The van der Waals surface area contributed by atoms with Gasteiger partial charge in [-0.3, -0.25) is 14.9 Å². The van der Waals surface area contributed by atoms with E-state index < -0.39 is 16.5 Å². The second-order valence-electron chi connectivity index (χ2n) is 5.75. The van der Waals surface area contributed by atoms with E-state index in [2.05, 4.69) is 4.74 Å². The molecule has 0 amide bonds. The summed E-state index contributed by atoms with van der Waals surface area (Å²) in [5.41, 5.74) is 2.16. The van der Waals surface area contributed by atoms with Crippen molar-refractivity contribution in [2.75, 3.05) is 7.11 Å². The third kappa shape index (κ3) is 2.92. The zero-order valence-electron chi connectivity index (χ0n) is 13.2. The topological polar surface area (TPSA) is 91.4 Å². The molecular weight excluding hydrogens is 312 g/mol. The fourth-order valence-electron chi connectivity index (χ4n) is 3.01. The first-order valence-corrected chi connectivity index (χ1v) is 7.57. The van der Waals surface area contributed by atoms with Crippen molar-refractivity contribution in [3.05, 3.63) is 73.2 Å². The SMILES string of the molecule is COC(=O)c1cc([N+](=O)[O-])cn(Cc2ccc3c(c2)CCC3)c1=O. The number of benzene rings is 1. The first-order chi connectivity index (χ1) is 11.5. The Hall–Kier alpha value is -2.96. The van der Waals surface area contributed by atoms with Gasteiger partial charge in [0.2, 0.25) is 0 Å². The molecule has 1 aromatic heterocycles. The fraction of sp³-hybridized carbons (Fsp3) is 0.294. The van der Waals surface area contributed by atoms with Crippen LogP contribution in [0.25, 0.3) is 0 Å². The molecule has 7 heteroatoms. The van der Waals surface area contributed by atoms with Gasteiger partial charge < -0.3 is 9.30 Å². The third-order valence-corrected chi connectivity index (χ3v) is 4.20. The molecule has 24 heavy (non-hydrogen) atoms. The summed E-state index contributed by atoms with van der Waals surface area (Å²) in [7, 11) is 1.13. The van der Waals surface area contributed by atoms with Gasteiger partial charge in [0.05, 0.1) is 24.8 Å². The highest BCUT2D eigenvalue weighted by molar-refractivity contribution is 5.89. The van der Waals surface area contributed by atoms with Crippen LogP contribution in [0.15, 0.2) is 35.3 Å². The predicted octanol–water partition coefficient (Wildman–Crippen LogP) is 2.08. The molecule has 0 saturated heterocycles. The molecule has 0 N–H and O–H groups in total. The quantitative estimate of drug-likeness (QED) is 0.487. The molecule has 0 radical (unpaired) electrons. The van der Waals surface area contributed by atoms with Gasteiger partial charge in [-0.25, -0.2) is 4.79 Å². The number of nitro groups is 1. The van der Waals surface area contributed by atoms with Crippen LogP contribution in [0.3, 0.4) is 0 Å². The summed E-state index contributed by atoms with van der Waals surface area (Å²) in [4.78, 5) is 34.6.